The molecule has 0 radical (unpaired) electrons. The SMILES string of the molecule is COc1ccc(-c2cc3c(=O)n(CC(=O)N[C@H]4CCCc5ccccc54)ncn3n2)cc1. The third-order valence-electron chi connectivity index (χ3n) is 5.87. The van der Waals surface area contributed by atoms with Gasteiger partial charge in [-0.25, -0.2) is 9.20 Å². The predicted molar refractivity (Wildman–Crippen MR) is 119 cm³/mol. The first kappa shape index (κ1) is 20.0. The van der Waals surface area contributed by atoms with E-state index in [9.17, 15) is 9.59 Å². The van der Waals surface area contributed by atoms with E-state index in [1.165, 1.54) is 21.1 Å². The number of hydrogen-bond acceptors (Lipinski definition) is 5. The van der Waals surface area contributed by atoms with Crippen LogP contribution in [-0.4, -0.2) is 32.4 Å². The number of nitrogens with one attached hydrogen (secondary N) is 1. The summed E-state index contributed by atoms with van der Waals surface area (Å²) in [5.74, 6) is 0.508. The molecule has 1 amide bonds. The zero-order valence-electron chi connectivity index (χ0n) is 17.7. The average molecular weight is 429 g/mol. The van der Waals surface area contributed by atoms with E-state index in [0.717, 1.165) is 36.1 Å². The van der Waals surface area contributed by atoms with Crippen molar-refractivity contribution in [2.45, 2.75) is 31.8 Å². The van der Waals surface area contributed by atoms with Crippen molar-refractivity contribution in [2.75, 3.05) is 7.11 Å². The van der Waals surface area contributed by atoms with Gasteiger partial charge < -0.3 is 10.1 Å². The highest BCUT2D eigenvalue weighted by Crippen LogP contribution is 2.29. The minimum Gasteiger partial charge on any atom is -0.497 e. The number of amides is 1. The molecule has 0 bridgehead atoms. The standard InChI is InChI=1S/C24H23N5O3/c1-32-18-11-9-17(10-12-18)21-13-22-24(31)28(25-15-29(22)27-21)14-23(30)26-20-8-4-6-16-5-2-3-7-19(16)20/h2-3,5,7,9-13,15,20H,4,6,8,14H2,1H3,(H,26,30)/t20-/m0/s1. The summed E-state index contributed by atoms with van der Waals surface area (Å²) in [7, 11) is 1.61. The summed E-state index contributed by atoms with van der Waals surface area (Å²) in [5.41, 5.74) is 3.93. The second-order valence-corrected chi connectivity index (χ2v) is 7.89. The number of carbonyl (C=O) groups excluding carboxylic acids is 1. The quantitative estimate of drug-likeness (QED) is 0.527. The van der Waals surface area contributed by atoms with Gasteiger partial charge in [-0.05, 0) is 60.7 Å². The van der Waals surface area contributed by atoms with Gasteiger partial charge in [0.15, 0.2) is 0 Å². The summed E-state index contributed by atoms with van der Waals surface area (Å²) >= 11 is 0. The highest BCUT2D eigenvalue weighted by atomic mass is 16.5. The number of aryl methyl sites for hydroxylation is 1. The van der Waals surface area contributed by atoms with Crippen LogP contribution in [0.4, 0.5) is 0 Å². The van der Waals surface area contributed by atoms with Gasteiger partial charge >= 0.3 is 0 Å². The van der Waals surface area contributed by atoms with E-state index < -0.39 is 0 Å². The normalized spacial score (nSPS) is 15.3. The van der Waals surface area contributed by atoms with Gasteiger partial charge in [0.25, 0.3) is 5.56 Å². The molecule has 1 atom stereocenters. The van der Waals surface area contributed by atoms with Crippen LogP contribution >= 0.6 is 0 Å². The van der Waals surface area contributed by atoms with Crippen molar-refractivity contribution >= 4 is 11.4 Å². The molecule has 1 aliphatic rings. The van der Waals surface area contributed by atoms with Gasteiger partial charge in [-0.1, -0.05) is 24.3 Å². The summed E-state index contributed by atoms with van der Waals surface area (Å²) in [6, 6.07) is 17.3. The fraction of sp³-hybridized carbons (Fsp3) is 0.250. The third-order valence-corrected chi connectivity index (χ3v) is 5.87. The molecule has 2 aromatic heterocycles. The van der Waals surface area contributed by atoms with Crippen molar-refractivity contribution in [1.29, 1.82) is 0 Å². The Hall–Kier alpha value is -3.94. The first-order chi connectivity index (χ1) is 15.6. The lowest BCUT2D eigenvalue weighted by Crippen LogP contribution is -2.37. The zero-order chi connectivity index (χ0) is 22.1. The van der Waals surface area contributed by atoms with E-state index in [1.807, 2.05) is 36.4 Å². The molecule has 0 saturated carbocycles. The smallest absolute Gasteiger partial charge is 0.293 e. The molecule has 8 heteroatoms. The highest BCUT2D eigenvalue weighted by Gasteiger charge is 2.22. The van der Waals surface area contributed by atoms with Crippen LogP contribution in [0.15, 0.2) is 65.7 Å². The second-order valence-electron chi connectivity index (χ2n) is 7.89. The van der Waals surface area contributed by atoms with Gasteiger partial charge in [-0.15, -0.1) is 0 Å². The van der Waals surface area contributed by atoms with Crippen LogP contribution in [0.1, 0.15) is 30.0 Å². The van der Waals surface area contributed by atoms with Gasteiger partial charge in [0, 0.05) is 5.56 Å². The molecule has 0 fully saturated rings. The second kappa shape index (κ2) is 8.30. The number of carbonyl (C=O) groups is 1. The lowest BCUT2D eigenvalue weighted by molar-refractivity contribution is -0.122. The van der Waals surface area contributed by atoms with E-state index in [-0.39, 0.29) is 24.1 Å². The average Bonchev–Trinajstić information content (AvgIpc) is 3.26. The number of ether oxygens (including phenoxy) is 1. The molecule has 5 rings (SSSR count). The Balaban J connectivity index is 1.36. The van der Waals surface area contributed by atoms with E-state index in [1.54, 1.807) is 13.2 Å². The maximum atomic E-state index is 12.9. The van der Waals surface area contributed by atoms with E-state index in [4.69, 9.17) is 4.74 Å². The summed E-state index contributed by atoms with van der Waals surface area (Å²) in [5, 5.41) is 11.6. The van der Waals surface area contributed by atoms with Gasteiger partial charge in [0.1, 0.15) is 24.1 Å². The van der Waals surface area contributed by atoms with Gasteiger partial charge in [0.05, 0.1) is 18.8 Å². The lowest BCUT2D eigenvalue weighted by atomic mass is 9.88. The van der Waals surface area contributed by atoms with Crippen molar-refractivity contribution in [3.8, 4) is 17.0 Å². The molecule has 0 saturated heterocycles. The van der Waals surface area contributed by atoms with Crippen LogP contribution in [0.2, 0.25) is 0 Å². The minimum absolute atomic E-state index is 0.0384. The summed E-state index contributed by atoms with van der Waals surface area (Å²) in [6.45, 7) is -0.142. The molecule has 8 nitrogen and oxygen atoms in total. The number of fused-ring (bicyclic) bond motifs is 2. The Morgan fingerprint density at radius 3 is 2.81 bits per heavy atom. The number of methoxy groups -OCH3 is 1. The molecule has 1 N–H and O–H groups in total. The fourth-order valence-electron chi connectivity index (χ4n) is 4.23. The van der Waals surface area contributed by atoms with Gasteiger partial charge in [0.2, 0.25) is 5.91 Å². The molecule has 0 spiro atoms. The maximum Gasteiger partial charge on any atom is 0.293 e. The van der Waals surface area contributed by atoms with Crippen LogP contribution in [0.5, 0.6) is 5.75 Å². The first-order valence-electron chi connectivity index (χ1n) is 10.6. The Morgan fingerprint density at radius 2 is 2.00 bits per heavy atom. The molecular weight excluding hydrogens is 406 g/mol. The van der Waals surface area contributed by atoms with Crippen LogP contribution in [-0.2, 0) is 17.8 Å². The number of hydrogen-bond donors (Lipinski definition) is 1. The molecule has 2 aromatic carbocycles. The fourth-order valence-corrected chi connectivity index (χ4v) is 4.23. The Bertz CT molecular complexity index is 1340. The minimum atomic E-state index is -0.362. The molecule has 162 valence electrons. The topological polar surface area (TPSA) is 90.5 Å². The van der Waals surface area contributed by atoms with Crippen molar-refractivity contribution in [3.63, 3.8) is 0 Å². The van der Waals surface area contributed by atoms with E-state index in [0.29, 0.717) is 11.2 Å². The molecular formula is C24H23N5O3. The Labute approximate surface area is 184 Å². The van der Waals surface area contributed by atoms with Gasteiger partial charge in [-0.3, -0.25) is 9.59 Å². The summed E-state index contributed by atoms with van der Waals surface area (Å²) in [6.07, 6.45) is 4.39. The lowest BCUT2D eigenvalue weighted by Gasteiger charge is -2.26. The van der Waals surface area contributed by atoms with Gasteiger partial charge in [-0.2, -0.15) is 10.2 Å². The number of aromatic nitrogens is 4. The van der Waals surface area contributed by atoms with Crippen molar-refractivity contribution in [3.05, 3.63) is 82.4 Å². The van der Waals surface area contributed by atoms with Crippen molar-refractivity contribution < 1.29 is 9.53 Å². The van der Waals surface area contributed by atoms with E-state index in [2.05, 4.69) is 27.6 Å². The predicted octanol–water partition coefficient (Wildman–Crippen LogP) is 2.76. The summed E-state index contributed by atoms with van der Waals surface area (Å²) < 4.78 is 7.80. The molecule has 0 unspecified atom stereocenters. The molecule has 4 aromatic rings. The van der Waals surface area contributed by atoms with E-state index >= 15 is 0 Å². The monoisotopic (exact) mass is 429 g/mol. The number of benzene rings is 2. The Morgan fingerprint density at radius 1 is 1.19 bits per heavy atom. The number of rotatable bonds is 5. The van der Waals surface area contributed by atoms with Crippen LogP contribution in [0.25, 0.3) is 16.8 Å². The maximum absolute atomic E-state index is 12.9. The largest absolute Gasteiger partial charge is 0.497 e. The summed E-state index contributed by atoms with van der Waals surface area (Å²) in [4.78, 5) is 25.7. The van der Waals surface area contributed by atoms with Crippen molar-refractivity contribution in [1.82, 2.24) is 24.7 Å². The van der Waals surface area contributed by atoms with Crippen LogP contribution in [0, 0.1) is 0 Å². The third kappa shape index (κ3) is 3.75. The Kier molecular flexibility index (Phi) is 5.18. The first-order valence-corrected chi connectivity index (χ1v) is 10.6. The molecule has 1 aliphatic carbocycles. The molecule has 0 aliphatic heterocycles. The highest BCUT2D eigenvalue weighted by molar-refractivity contribution is 5.76. The molecule has 2 heterocycles. The zero-order valence-corrected chi connectivity index (χ0v) is 17.7. The van der Waals surface area contributed by atoms with Crippen molar-refractivity contribution in [2.24, 2.45) is 0 Å². The van der Waals surface area contributed by atoms with Crippen LogP contribution in [0.3, 0.4) is 0 Å². The van der Waals surface area contributed by atoms with Crippen LogP contribution < -0.4 is 15.6 Å². The number of nitrogens with zero attached hydrogens (tertiary/aromatic N) is 4. The molecule has 32 heavy (non-hydrogen) atoms.